The summed E-state index contributed by atoms with van der Waals surface area (Å²) in [4.78, 5) is 10.1. The van der Waals surface area contributed by atoms with Gasteiger partial charge in [-0.1, -0.05) is 0 Å². The van der Waals surface area contributed by atoms with Crippen molar-refractivity contribution in [3.63, 3.8) is 0 Å². The highest BCUT2D eigenvalue weighted by molar-refractivity contribution is 7.90. The number of anilines is 1. The highest BCUT2D eigenvalue weighted by atomic mass is 35.5. The van der Waals surface area contributed by atoms with Gasteiger partial charge in [0.05, 0.1) is 9.82 Å². The maximum Gasteiger partial charge on any atom is 0.293 e. The van der Waals surface area contributed by atoms with Gasteiger partial charge in [-0.25, -0.2) is 8.42 Å². The molecular formula is C9H14ClN3O4S. The van der Waals surface area contributed by atoms with Gasteiger partial charge in [0.15, 0.2) is 9.84 Å². The first-order chi connectivity index (χ1) is 7.86. The lowest BCUT2D eigenvalue weighted by molar-refractivity contribution is -0.384. The van der Waals surface area contributed by atoms with E-state index in [1.165, 1.54) is 12.1 Å². The van der Waals surface area contributed by atoms with Crippen LogP contribution in [-0.2, 0) is 9.84 Å². The number of hydrogen-bond donors (Lipinski definition) is 2. The molecule has 0 aliphatic heterocycles. The van der Waals surface area contributed by atoms with Crippen LogP contribution in [-0.4, -0.2) is 32.7 Å². The van der Waals surface area contributed by atoms with Crippen molar-refractivity contribution < 1.29 is 13.3 Å². The molecule has 0 saturated heterocycles. The van der Waals surface area contributed by atoms with Gasteiger partial charge >= 0.3 is 0 Å². The predicted octanol–water partition coefficient (Wildman–Crippen LogP) is 0.791. The molecule has 1 aromatic rings. The standard InChI is InChI=1S/C9H13N3O4S.ClH/c1-17(15,16)7-2-3-8(11-5-4-10)9(6-7)12(13)14;/h2-3,6,11H,4-5,10H2,1H3;1H. The van der Waals surface area contributed by atoms with Crippen molar-refractivity contribution in [1.82, 2.24) is 0 Å². The van der Waals surface area contributed by atoms with Crippen molar-refractivity contribution in [3.8, 4) is 0 Å². The molecule has 0 atom stereocenters. The third kappa shape index (κ3) is 4.13. The van der Waals surface area contributed by atoms with Gasteiger partial charge in [0.25, 0.3) is 5.69 Å². The zero-order valence-corrected chi connectivity index (χ0v) is 11.3. The Morgan fingerprint density at radius 3 is 2.50 bits per heavy atom. The summed E-state index contributed by atoms with van der Waals surface area (Å²) in [6.07, 6.45) is 0.999. The number of halogens is 1. The number of benzene rings is 1. The van der Waals surface area contributed by atoms with E-state index < -0.39 is 14.8 Å². The van der Waals surface area contributed by atoms with Crippen LogP contribution in [0.25, 0.3) is 0 Å². The van der Waals surface area contributed by atoms with Crippen LogP contribution in [0, 0.1) is 10.1 Å². The van der Waals surface area contributed by atoms with Gasteiger partial charge in [0, 0.05) is 25.4 Å². The number of nitrogens with zero attached hydrogens (tertiary/aromatic N) is 1. The number of nitro benzene ring substituents is 1. The lowest BCUT2D eigenvalue weighted by atomic mass is 10.2. The molecule has 0 aliphatic carbocycles. The number of nitrogens with one attached hydrogen (secondary N) is 1. The number of hydrogen-bond acceptors (Lipinski definition) is 6. The number of nitrogens with two attached hydrogens (primary N) is 1. The molecule has 0 heterocycles. The summed E-state index contributed by atoms with van der Waals surface area (Å²) in [6.45, 7) is 0.698. The molecular weight excluding hydrogens is 282 g/mol. The van der Waals surface area contributed by atoms with E-state index in [1.807, 2.05) is 0 Å². The van der Waals surface area contributed by atoms with Gasteiger partial charge in [-0.3, -0.25) is 10.1 Å². The number of sulfone groups is 1. The molecule has 0 saturated carbocycles. The van der Waals surface area contributed by atoms with Crippen LogP contribution in [0.15, 0.2) is 23.1 Å². The molecule has 7 nitrogen and oxygen atoms in total. The zero-order chi connectivity index (χ0) is 13.1. The molecule has 0 amide bonds. The average molecular weight is 296 g/mol. The summed E-state index contributed by atoms with van der Waals surface area (Å²) >= 11 is 0. The minimum Gasteiger partial charge on any atom is -0.378 e. The fraction of sp³-hybridized carbons (Fsp3) is 0.333. The summed E-state index contributed by atoms with van der Waals surface area (Å²) in [6, 6.07) is 3.72. The van der Waals surface area contributed by atoms with Crippen LogP contribution < -0.4 is 11.1 Å². The Morgan fingerprint density at radius 1 is 1.44 bits per heavy atom. The normalized spacial score (nSPS) is 10.6. The summed E-state index contributed by atoms with van der Waals surface area (Å²) in [5, 5.41) is 13.6. The van der Waals surface area contributed by atoms with Gasteiger partial charge in [0.2, 0.25) is 0 Å². The molecule has 1 aromatic carbocycles. The quantitative estimate of drug-likeness (QED) is 0.613. The van der Waals surface area contributed by atoms with E-state index in [2.05, 4.69) is 5.32 Å². The first-order valence-electron chi connectivity index (χ1n) is 4.78. The second-order valence-corrected chi connectivity index (χ2v) is 5.44. The Bertz CT molecular complexity index is 533. The number of rotatable bonds is 5. The summed E-state index contributed by atoms with van der Waals surface area (Å²) < 4.78 is 22.5. The van der Waals surface area contributed by atoms with Crippen LogP contribution in [0.1, 0.15) is 0 Å². The van der Waals surface area contributed by atoms with E-state index in [0.29, 0.717) is 13.1 Å². The Labute approximate surface area is 111 Å². The molecule has 0 unspecified atom stereocenters. The molecule has 3 N–H and O–H groups in total. The molecule has 0 radical (unpaired) electrons. The first-order valence-corrected chi connectivity index (χ1v) is 6.68. The molecule has 0 spiro atoms. The second-order valence-electron chi connectivity index (χ2n) is 3.42. The van der Waals surface area contributed by atoms with Crippen LogP contribution in [0.3, 0.4) is 0 Å². The Hall–Kier alpha value is -1.38. The monoisotopic (exact) mass is 295 g/mol. The van der Waals surface area contributed by atoms with E-state index in [4.69, 9.17) is 5.73 Å². The third-order valence-electron chi connectivity index (χ3n) is 2.05. The SMILES string of the molecule is CS(=O)(=O)c1ccc(NCCN)c([N+](=O)[O-])c1.Cl. The highest BCUT2D eigenvalue weighted by Crippen LogP contribution is 2.27. The largest absolute Gasteiger partial charge is 0.378 e. The Morgan fingerprint density at radius 2 is 2.06 bits per heavy atom. The Balaban J connectivity index is 0.00000289. The van der Waals surface area contributed by atoms with E-state index in [0.717, 1.165) is 12.3 Å². The third-order valence-corrected chi connectivity index (χ3v) is 3.16. The van der Waals surface area contributed by atoms with Crippen LogP contribution in [0.2, 0.25) is 0 Å². The maximum absolute atomic E-state index is 11.3. The van der Waals surface area contributed by atoms with Crippen molar-refractivity contribution >= 4 is 33.6 Å². The van der Waals surface area contributed by atoms with Crippen molar-refractivity contribution in [2.75, 3.05) is 24.7 Å². The van der Waals surface area contributed by atoms with Crippen LogP contribution >= 0.6 is 12.4 Å². The van der Waals surface area contributed by atoms with Crippen LogP contribution in [0.4, 0.5) is 11.4 Å². The molecule has 0 bridgehead atoms. The molecule has 0 fully saturated rings. The van der Waals surface area contributed by atoms with E-state index >= 15 is 0 Å². The second kappa shape index (κ2) is 6.53. The molecule has 18 heavy (non-hydrogen) atoms. The molecule has 1 rings (SSSR count). The zero-order valence-electron chi connectivity index (χ0n) is 9.62. The van der Waals surface area contributed by atoms with Gasteiger partial charge in [-0.05, 0) is 12.1 Å². The predicted molar refractivity (Wildman–Crippen MR) is 71.0 cm³/mol. The van der Waals surface area contributed by atoms with E-state index in [-0.39, 0.29) is 28.7 Å². The van der Waals surface area contributed by atoms with Gasteiger partial charge in [0.1, 0.15) is 5.69 Å². The van der Waals surface area contributed by atoms with Crippen molar-refractivity contribution in [1.29, 1.82) is 0 Å². The lowest BCUT2D eigenvalue weighted by Gasteiger charge is -2.06. The number of nitro groups is 1. The van der Waals surface area contributed by atoms with Gasteiger partial charge in [-0.2, -0.15) is 0 Å². The van der Waals surface area contributed by atoms with E-state index in [1.54, 1.807) is 0 Å². The Kier molecular flexibility index (Phi) is 6.02. The minimum absolute atomic E-state index is 0. The van der Waals surface area contributed by atoms with E-state index in [9.17, 15) is 18.5 Å². The molecule has 0 aliphatic rings. The van der Waals surface area contributed by atoms with Crippen molar-refractivity contribution in [2.45, 2.75) is 4.90 Å². The first kappa shape index (κ1) is 16.6. The molecule has 0 aromatic heterocycles. The summed E-state index contributed by atoms with van der Waals surface area (Å²) in [5.74, 6) is 0. The van der Waals surface area contributed by atoms with Gasteiger partial charge < -0.3 is 11.1 Å². The van der Waals surface area contributed by atoms with Crippen LogP contribution in [0.5, 0.6) is 0 Å². The fourth-order valence-electron chi connectivity index (χ4n) is 1.25. The lowest BCUT2D eigenvalue weighted by Crippen LogP contribution is -2.14. The summed E-state index contributed by atoms with van der Waals surface area (Å²) in [7, 11) is -3.45. The topological polar surface area (TPSA) is 115 Å². The molecule has 9 heteroatoms. The van der Waals surface area contributed by atoms with Crippen molar-refractivity contribution in [3.05, 3.63) is 28.3 Å². The smallest absolute Gasteiger partial charge is 0.293 e. The molecule has 102 valence electrons. The van der Waals surface area contributed by atoms with Gasteiger partial charge in [-0.15, -0.1) is 12.4 Å². The minimum atomic E-state index is -3.45. The maximum atomic E-state index is 11.3. The average Bonchev–Trinajstić information content (AvgIpc) is 2.24. The summed E-state index contributed by atoms with van der Waals surface area (Å²) in [5.41, 5.74) is 5.25. The van der Waals surface area contributed by atoms with Crippen molar-refractivity contribution in [2.24, 2.45) is 5.73 Å². The fourth-order valence-corrected chi connectivity index (χ4v) is 1.89. The highest BCUT2D eigenvalue weighted by Gasteiger charge is 2.18.